The molecule has 3 aromatic rings. The zero-order chi connectivity index (χ0) is 28.9. The highest BCUT2D eigenvalue weighted by atomic mass is 32.2. The molecule has 0 bridgehead atoms. The van der Waals surface area contributed by atoms with Crippen LogP contribution in [0.5, 0.6) is 5.75 Å². The lowest BCUT2D eigenvalue weighted by atomic mass is 9.77. The molecule has 0 aromatic heterocycles. The van der Waals surface area contributed by atoms with Crippen LogP contribution in [0.25, 0.3) is 10.8 Å². The van der Waals surface area contributed by atoms with Gasteiger partial charge in [-0.1, -0.05) is 61.5 Å². The number of thioether (sulfide) groups is 1. The zero-order valence-corrected chi connectivity index (χ0v) is 23.0. The minimum atomic E-state index is -4.37. The summed E-state index contributed by atoms with van der Waals surface area (Å²) >= 11 is -0.193. The van der Waals surface area contributed by atoms with Crippen molar-refractivity contribution >= 4 is 34.4 Å². The fourth-order valence-electron chi connectivity index (χ4n) is 5.36. The molecule has 4 rings (SSSR count). The number of carboxylic acid groups (broad SMARTS) is 1. The first-order chi connectivity index (χ1) is 19.0. The highest BCUT2D eigenvalue weighted by Gasteiger charge is 2.29. The van der Waals surface area contributed by atoms with E-state index in [1.54, 1.807) is 36.4 Å². The second kappa shape index (κ2) is 12.8. The smallest absolute Gasteiger partial charge is 0.446 e. The number of allylic oxidation sites excluding steroid dienone is 1. The Bertz CT molecular complexity index is 1370. The maximum absolute atomic E-state index is 13.4. The monoisotopic (exact) mass is 571 g/mol. The fraction of sp³-hybridized carbons (Fsp3) is 0.355. The van der Waals surface area contributed by atoms with Crippen LogP contribution in [0.1, 0.15) is 54.9 Å². The number of amides is 1. The lowest BCUT2D eigenvalue weighted by Gasteiger charge is -2.29. The number of hydrogen-bond acceptors (Lipinski definition) is 4. The molecule has 2 unspecified atom stereocenters. The number of carboxylic acids is 1. The Kier molecular flexibility index (Phi) is 9.45. The third-order valence-electron chi connectivity index (χ3n) is 7.08. The third kappa shape index (κ3) is 8.03. The molecule has 9 heteroatoms. The van der Waals surface area contributed by atoms with E-state index in [4.69, 9.17) is 4.74 Å². The van der Waals surface area contributed by atoms with Crippen molar-refractivity contribution in [2.45, 2.75) is 62.1 Å². The van der Waals surface area contributed by atoms with Crippen molar-refractivity contribution in [1.82, 2.24) is 5.32 Å². The predicted molar refractivity (Wildman–Crippen MR) is 150 cm³/mol. The van der Waals surface area contributed by atoms with Crippen LogP contribution >= 0.6 is 11.8 Å². The molecule has 1 aliphatic rings. The summed E-state index contributed by atoms with van der Waals surface area (Å²) in [5.41, 5.74) is -2.38. The van der Waals surface area contributed by atoms with E-state index >= 15 is 0 Å². The normalized spacial score (nSPS) is 18.4. The van der Waals surface area contributed by atoms with Crippen LogP contribution in [0.3, 0.4) is 0 Å². The van der Waals surface area contributed by atoms with E-state index < -0.39 is 23.4 Å². The summed E-state index contributed by atoms with van der Waals surface area (Å²) in [6.07, 6.45) is 3.86. The molecule has 0 saturated heterocycles. The summed E-state index contributed by atoms with van der Waals surface area (Å²) in [4.78, 5) is 25.5. The number of fused-ring (bicyclic) bond motifs is 1. The molecule has 40 heavy (non-hydrogen) atoms. The summed E-state index contributed by atoms with van der Waals surface area (Å²) in [7, 11) is 0. The van der Waals surface area contributed by atoms with Crippen LogP contribution in [0.15, 0.2) is 77.7 Å². The fourth-order valence-corrected chi connectivity index (χ4v) is 5.90. The van der Waals surface area contributed by atoms with E-state index in [2.05, 4.69) is 18.8 Å². The molecule has 3 atom stereocenters. The average Bonchev–Trinajstić information content (AvgIpc) is 2.88. The van der Waals surface area contributed by atoms with Crippen LogP contribution in [-0.2, 0) is 11.4 Å². The van der Waals surface area contributed by atoms with E-state index in [1.807, 2.05) is 12.1 Å². The zero-order valence-electron chi connectivity index (χ0n) is 22.2. The van der Waals surface area contributed by atoms with Gasteiger partial charge in [0.05, 0.1) is 5.56 Å². The minimum absolute atomic E-state index is 0.0113. The molecule has 2 N–H and O–H groups in total. The van der Waals surface area contributed by atoms with E-state index in [0.29, 0.717) is 35.6 Å². The summed E-state index contributed by atoms with van der Waals surface area (Å²) in [6.45, 7) is 6.29. The van der Waals surface area contributed by atoms with E-state index in [-0.39, 0.29) is 34.6 Å². The number of rotatable bonds is 10. The summed E-state index contributed by atoms with van der Waals surface area (Å²) < 4.78 is 44.0. The van der Waals surface area contributed by atoms with Gasteiger partial charge in [0.15, 0.2) is 0 Å². The molecule has 1 fully saturated rings. The van der Waals surface area contributed by atoms with Gasteiger partial charge in [0, 0.05) is 10.3 Å². The second-order valence-corrected chi connectivity index (χ2v) is 11.6. The Hall–Kier alpha value is -3.46. The van der Waals surface area contributed by atoms with Crippen LogP contribution < -0.4 is 10.1 Å². The molecule has 3 aromatic carbocycles. The number of carbonyl (C=O) groups is 2. The number of halogens is 3. The maximum atomic E-state index is 13.4. The SMILES string of the molecule is C=C1CC(C)CC(CC[C@H](NC(=O)c2ccc3ccccc3c2OCc2ccc(SC(F)(F)F)cc2)C(=O)O)C1. The Morgan fingerprint density at radius 3 is 2.50 bits per heavy atom. The number of nitrogens with one attached hydrogen (secondary N) is 1. The topological polar surface area (TPSA) is 75.6 Å². The van der Waals surface area contributed by atoms with Crippen molar-refractivity contribution in [3.8, 4) is 5.75 Å². The Morgan fingerprint density at radius 1 is 1.10 bits per heavy atom. The number of alkyl halides is 3. The highest BCUT2D eigenvalue weighted by molar-refractivity contribution is 8.00. The first kappa shape index (κ1) is 29.5. The van der Waals surface area contributed by atoms with E-state index in [1.165, 1.54) is 17.7 Å². The van der Waals surface area contributed by atoms with Crippen LogP contribution in [0, 0.1) is 11.8 Å². The van der Waals surface area contributed by atoms with Crippen molar-refractivity contribution in [3.63, 3.8) is 0 Å². The van der Waals surface area contributed by atoms with Crippen molar-refractivity contribution in [2.24, 2.45) is 11.8 Å². The van der Waals surface area contributed by atoms with Crippen LogP contribution in [0.4, 0.5) is 13.2 Å². The number of benzene rings is 3. The molecule has 212 valence electrons. The largest absolute Gasteiger partial charge is 0.487 e. The molecule has 1 amide bonds. The second-order valence-electron chi connectivity index (χ2n) is 10.5. The van der Waals surface area contributed by atoms with Crippen molar-refractivity contribution in [1.29, 1.82) is 0 Å². The van der Waals surface area contributed by atoms with E-state index in [9.17, 15) is 27.9 Å². The standard InChI is InChI=1S/C31H32F3NO4S/c1-19-15-20(2)17-22(16-19)9-14-27(30(37)38)35-29(36)26-13-10-23-5-3-4-6-25(23)28(26)39-18-21-7-11-24(12-8-21)40-31(32,33)34/h3-8,10-13,20,22,27H,1,9,14-18H2,2H3,(H,35,36)(H,37,38)/t20?,22?,27-/m0/s1. The van der Waals surface area contributed by atoms with Gasteiger partial charge in [-0.3, -0.25) is 4.79 Å². The van der Waals surface area contributed by atoms with E-state index in [0.717, 1.165) is 24.6 Å². The first-order valence-electron chi connectivity index (χ1n) is 13.2. The number of aliphatic carboxylic acids is 1. The quantitative estimate of drug-likeness (QED) is 0.191. The summed E-state index contributed by atoms with van der Waals surface area (Å²) in [6, 6.07) is 15.5. The molecular formula is C31H32F3NO4S. The Labute approximate surface area is 235 Å². The van der Waals surface area contributed by atoms with Crippen molar-refractivity contribution in [3.05, 3.63) is 83.9 Å². The van der Waals surface area contributed by atoms with Gasteiger partial charge in [0.25, 0.3) is 5.91 Å². The molecule has 5 nitrogen and oxygen atoms in total. The van der Waals surface area contributed by atoms with Crippen molar-refractivity contribution in [2.75, 3.05) is 0 Å². The average molecular weight is 572 g/mol. The third-order valence-corrected chi connectivity index (χ3v) is 7.82. The van der Waals surface area contributed by atoms with Crippen molar-refractivity contribution < 1.29 is 32.6 Å². The summed E-state index contributed by atoms with van der Waals surface area (Å²) in [5.74, 6) is -0.523. The van der Waals surface area contributed by atoms with Gasteiger partial charge in [-0.05, 0) is 84.9 Å². The number of carbonyl (C=O) groups excluding carboxylic acids is 1. The maximum Gasteiger partial charge on any atom is 0.446 e. The summed E-state index contributed by atoms with van der Waals surface area (Å²) in [5, 5.41) is 14.0. The van der Waals surface area contributed by atoms with Crippen LogP contribution in [-0.4, -0.2) is 28.5 Å². The lowest BCUT2D eigenvalue weighted by molar-refractivity contribution is -0.139. The molecule has 0 aliphatic heterocycles. The highest BCUT2D eigenvalue weighted by Crippen LogP contribution is 2.37. The molecule has 0 radical (unpaired) electrons. The minimum Gasteiger partial charge on any atom is -0.487 e. The Balaban J connectivity index is 1.50. The molecule has 0 heterocycles. The lowest BCUT2D eigenvalue weighted by Crippen LogP contribution is -2.41. The number of hydrogen-bond donors (Lipinski definition) is 2. The van der Waals surface area contributed by atoms with Gasteiger partial charge in [0.2, 0.25) is 0 Å². The van der Waals surface area contributed by atoms with Gasteiger partial charge in [-0.25, -0.2) is 4.79 Å². The molecule has 1 saturated carbocycles. The van der Waals surface area contributed by atoms with Gasteiger partial charge in [-0.15, -0.1) is 0 Å². The number of ether oxygens (including phenoxy) is 1. The first-order valence-corrected chi connectivity index (χ1v) is 14.0. The van der Waals surface area contributed by atoms with Gasteiger partial charge < -0.3 is 15.2 Å². The van der Waals surface area contributed by atoms with Crippen LogP contribution in [0.2, 0.25) is 0 Å². The molecular weight excluding hydrogens is 539 g/mol. The molecule has 1 aliphatic carbocycles. The Morgan fingerprint density at radius 2 is 1.82 bits per heavy atom. The van der Waals surface area contributed by atoms with Gasteiger partial charge in [0.1, 0.15) is 18.4 Å². The molecule has 0 spiro atoms. The van der Waals surface area contributed by atoms with Gasteiger partial charge >= 0.3 is 11.5 Å². The van der Waals surface area contributed by atoms with Gasteiger partial charge in [-0.2, -0.15) is 13.2 Å². The predicted octanol–water partition coefficient (Wildman–Crippen LogP) is 7.99.